The summed E-state index contributed by atoms with van der Waals surface area (Å²) in [6.45, 7) is 7.44. The van der Waals surface area contributed by atoms with E-state index < -0.39 is 0 Å². The lowest BCUT2D eigenvalue weighted by atomic mass is 9.91. The van der Waals surface area contributed by atoms with Crippen LogP contribution in [0.25, 0.3) is 0 Å². The molecule has 1 fully saturated rings. The molecule has 2 aliphatic rings. The van der Waals surface area contributed by atoms with Gasteiger partial charge in [-0.05, 0) is 75.7 Å². The zero-order valence-corrected chi connectivity index (χ0v) is 13.6. The van der Waals surface area contributed by atoms with E-state index in [4.69, 9.17) is 0 Å². The molecule has 20 heavy (non-hydrogen) atoms. The fraction of sp³-hybridized carbons (Fsp3) is 0.765. The van der Waals surface area contributed by atoms with Gasteiger partial charge in [-0.3, -0.25) is 0 Å². The SMILES string of the molecule is CC1CCc2cc(NCCCN3CCCCC3)sc2C1. The van der Waals surface area contributed by atoms with Crippen LogP contribution in [-0.2, 0) is 12.8 Å². The number of thiophene rings is 1. The zero-order valence-electron chi connectivity index (χ0n) is 12.8. The van der Waals surface area contributed by atoms with Crippen molar-refractivity contribution in [2.24, 2.45) is 5.92 Å². The predicted octanol–water partition coefficient (Wildman–Crippen LogP) is 4.16. The molecule has 1 atom stereocenters. The highest BCUT2D eigenvalue weighted by Gasteiger charge is 2.18. The van der Waals surface area contributed by atoms with Gasteiger partial charge in [-0.25, -0.2) is 0 Å². The van der Waals surface area contributed by atoms with E-state index in [-0.39, 0.29) is 0 Å². The lowest BCUT2D eigenvalue weighted by Crippen LogP contribution is -2.31. The van der Waals surface area contributed by atoms with Crippen molar-refractivity contribution in [1.29, 1.82) is 0 Å². The lowest BCUT2D eigenvalue weighted by molar-refractivity contribution is 0.228. The van der Waals surface area contributed by atoms with Gasteiger partial charge in [0.05, 0.1) is 5.00 Å². The molecule has 3 rings (SSSR count). The normalized spacial score (nSPS) is 23.6. The van der Waals surface area contributed by atoms with E-state index in [0.29, 0.717) is 0 Å². The largest absolute Gasteiger partial charge is 0.377 e. The molecule has 1 aromatic rings. The van der Waals surface area contributed by atoms with Gasteiger partial charge >= 0.3 is 0 Å². The Bertz CT molecular complexity index is 421. The molecule has 0 saturated carbocycles. The van der Waals surface area contributed by atoms with Crippen molar-refractivity contribution in [3.05, 3.63) is 16.5 Å². The van der Waals surface area contributed by atoms with Crippen LogP contribution >= 0.6 is 11.3 Å². The standard InChI is InChI=1S/C17H28N2S/c1-14-6-7-15-13-17(20-16(15)12-14)18-8-5-11-19-9-3-2-4-10-19/h13-14,18H,2-12H2,1H3. The molecule has 1 aromatic heterocycles. The molecule has 3 heteroatoms. The Morgan fingerprint density at radius 2 is 2.15 bits per heavy atom. The Balaban J connectivity index is 1.40. The Hall–Kier alpha value is -0.540. The van der Waals surface area contributed by atoms with Gasteiger partial charge in [-0.1, -0.05) is 13.3 Å². The summed E-state index contributed by atoms with van der Waals surface area (Å²) in [6, 6.07) is 2.41. The summed E-state index contributed by atoms with van der Waals surface area (Å²) in [5, 5.41) is 5.05. The van der Waals surface area contributed by atoms with E-state index in [1.54, 1.807) is 10.4 Å². The Kier molecular flexibility index (Phi) is 5.00. The number of piperidine rings is 1. The molecule has 1 N–H and O–H groups in total. The minimum Gasteiger partial charge on any atom is -0.377 e. The second-order valence-corrected chi connectivity index (χ2v) is 7.73. The van der Waals surface area contributed by atoms with Crippen molar-refractivity contribution in [2.75, 3.05) is 31.5 Å². The first kappa shape index (κ1) is 14.4. The highest BCUT2D eigenvalue weighted by Crippen LogP contribution is 2.34. The van der Waals surface area contributed by atoms with E-state index in [9.17, 15) is 0 Å². The first-order chi connectivity index (χ1) is 9.81. The molecule has 2 heterocycles. The van der Waals surface area contributed by atoms with E-state index >= 15 is 0 Å². The van der Waals surface area contributed by atoms with E-state index in [0.717, 1.165) is 12.5 Å². The Morgan fingerprint density at radius 3 is 3.00 bits per heavy atom. The van der Waals surface area contributed by atoms with Crippen LogP contribution in [0.2, 0.25) is 0 Å². The van der Waals surface area contributed by atoms with E-state index in [1.807, 2.05) is 11.3 Å². The average Bonchev–Trinajstić information content (AvgIpc) is 2.86. The fourth-order valence-electron chi connectivity index (χ4n) is 3.46. The summed E-state index contributed by atoms with van der Waals surface area (Å²) in [5.74, 6) is 0.883. The molecule has 1 aliphatic carbocycles. The average molecular weight is 292 g/mol. The molecular formula is C17H28N2S. The fourth-order valence-corrected chi connectivity index (χ4v) is 4.76. The van der Waals surface area contributed by atoms with E-state index in [1.165, 1.54) is 69.6 Å². The van der Waals surface area contributed by atoms with Crippen molar-refractivity contribution in [3.8, 4) is 0 Å². The lowest BCUT2D eigenvalue weighted by Gasteiger charge is -2.26. The summed E-state index contributed by atoms with van der Waals surface area (Å²) in [7, 11) is 0. The van der Waals surface area contributed by atoms with Crippen LogP contribution in [0.5, 0.6) is 0 Å². The van der Waals surface area contributed by atoms with Gasteiger partial charge in [0.1, 0.15) is 0 Å². The summed E-state index contributed by atoms with van der Waals surface area (Å²) in [4.78, 5) is 4.27. The Morgan fingerprint density at radius 1 is 1.30 bits per heavy atom. The number of nitrogens with one attached hydrogen (secondary N) is 1. The van der Waals surface area contributed by atoms with Crippen molar-refractivity contribution in [1.82, 2.24) is 4.90 Å². The molecular weight excluding hydrogens is 264 g/mol. The molecule has 1 unspecified atom stereocenters. The molecule has 1 saturated heterocycles. The monoisotopic (exact) mass is 292 g/mol. The van der Waals surface area contributed by atoms with Crippen LogP contribution in [0.4, 0.5) is 5.00 Å². The summed E-state index contributed by atoms with van der Waals surface area (Å²) >= 11 is 2.00. The molecule has 0 spiro atoms. The van der Waals surface area contributed by atoms with Crippen molar-refractivity contribution in [3.63, 3.8) is 0 Å². The van der Waals surface area contributed by atoms with Gasteiger partial charge < -0.3 is 10.2 Å². The predicted molar refractivity (Wildman–Crippen MR) is 88.9 cm³/mol. The number of rotatable bonds is 5. The third kappa shape index (κ3) is 3.76. The van der Waals surface area contributed by atoms with Crippen LogP contribution < -0.4 is 5.32 Å². The maximum Gasteiger partial charge on any atom is 0.0888 e. The third-order valence-electron chi connectivity index (χ3n) is 4.74. The summed E-state index contributed by atoms with van der Waals surface area (Å²) < 4.78 is 0. The number of likely N-dealkylation sites (tertiary alicyclic amines) is 1. The minimum absolute atomic E-state index is 0.883. The zero-order chi connectivity index (χ0) is 13.8. The third-order valence-corrected chi connectivity index (χ3v) is 5.89. The van der Waals surface area contributed by atoms with Gasteiger partial charge in [0, 0.05) is 11.4 Å². The highest BCUT2D eigenvalue weighted by molar-refractivity contribution is 7.16. The van der Waals surface area contributed by atoms with Gasteiger partial charge in [0.2, 0.25) is 0 Å². The molecule has 0 aromatic carbocycles. The molecule has 2 nitrogen and oxygen atoms in total. The summed E-state index contributed by atoms with van der Waals surface area (Å²) in [6.07, 6.45) is 9.50. The molecule has 1 aliphatic heterocycles. The highest BCUT2D eigenvalue weighted by atomic mass is 32.1. The maximum absolute atomic E-state index is 3.65. The van der Waals surface area contributed by atoms with Crippen molar-refractivity contribution in [2.45, 2.75) is 51.9 Å². The molecule has 0 bridgehead atoms. The van der Waals surface area contributed by atoms with Gasteiger partial charge in [-0.2, -0.15) is 0 Å². The summed E-state index contributed by atoms with van der Waals surface area (Å²) in [5.41, 5.74) is 1.62. The van der Waals surface area contributed by atoms with Crippen LogP contribution in [0.3, 0.4) is 0 Å². The van der Waals surface area contributed by atoms with Crippen LogP contribution in [0, 0.1) is 5.92 Å². The first-order valence-electron chi connectivity index (χ1n) is 8.39. The van der Waals surface area contributed by atoms with E-state index in [2.05, 4.69) is 23.2 Å². The van der Waals surface area contributed by atoms with Gasteiger partial charge in [0.15, 0.2) is 0 Å². The van der Waals surface area contributed by atoms with Gasteiger partial charge in [-0.15, -0.1) is 11.3 Å². The molecule has 0 radical (unpaired) electrons. The first-order valence-corrected chi connectivity index (χ1v) is 9.21. The topological polar surface area (TPSA) is 15.3 Å². The van der Waals surface area contributed by atoms with Crippen LogP contribution in [0.15, 0.2) is 6.07 Å². The second kappa shape index (κ2) is 6.95. The smallest absolute Gasteiger partial charge is 0.0888 e. The number of hydrogen-bond donors (Lipinski definition) is 1. The molecule has 112 valence electrons. The number of nitrogens with zero attached hydrogens (tertiary/aromatic N) is 1. The number of hydrogen-bond acceptors (Lipinski definition) is 3. The van der Waals surface area contributed by atoms with Crippen LogP contribution in [0.1, 0.15) is 49.5 Å². The molecule has 0 amide bonds. The van der Waals surface area contributed by atoms with Crippen molar-refractivity contribution < 1.29 is 0 Å². The van der Waals surface area contributed by atoms with Crippen LogP contribution in [-0.4, -0.2) is 31.1 Å². The number of fused-ring (bicyclic) bond motifs is 1. The minimum atomic E-state index is 0.883. The quantitative estimate of drug-likeness (QED) is 0.820. The number of anilines is 1. The second-order valence-electron chi connectivity index (χ2n) is 6.59. The van der Waals surface area contributed by atoms with Gasteiger partial charge in [0.25, 0.3) is 0 Å². The Labute approximate surface area is 127 Å². The van der Waals surface area contributed by atoms with Crippen molar-refractivity contribution >= 4 is 16.3 Å². The maximum atomic E-state index is 3.65. The number of aryl methyl sites for hydroxylation is 1.